The molecule has 0 spiro atoms. The monoisotopic (exact) mass is 463 g/mol. The van der Waals surface area contributed by atoms with Gasteiger partial charge in [-0.2, -0.15) is 0 Å². The highest BCUT2D eigenvalue weighted by Crippen LogP contribution is 2.34. The molecule has 0 bridgehead atoms. The Labute approximate surface area is 198 Å². The molecular formula is C25H29N5O2S. The molecule has 1 fully saturated rings. The van der Waals surface area contributed by atoms with Gasteiger partial charge >= 0.3 is 0 Å². The number of anilines is 1. The molecule has 0 radical (unpaired) electrons. The van der Waals surface area contributed by atoms with Crippen LogP contribution in [0, 0.1) is 13.8 Å². The van der Waals surface area contributed by atoms with Gasteiger partial charge in [0.25, 0.3) is 5.91 Å². The second kappa shape index (κ2) is 10.2. The van der Waals surface area contributed by atoms with Gasteiger partial charge < -0.3 is 14.8 Å². The Morgan fingerprint density at radius 1 is 1.09 bits per heavy atom. The van der Waals surface area contributed by atoms with Crippen molar-refractivity contribution in [3.8, 4) is 0 Å². The largest absolute Gasteiger partial charge is 0.328 e. The number of hydrogen-bond donors (Lipinski definition) is 1. The van der Waals surface area contributed by atoms with Gasteiger partial charge in [-0.25, -0.2) is 0 Å². The number of thioether (sulfide) groups is 1. The zero-order valence-electron chi connectivity index (χ0n) is 19.2. The Balaban J connectivity index is 1.45. The summed E-state index contributed by atoms with van der Waals surface area (Å²) in [6.07, 6.45) is 1.79. The second-order valence-corrected chi connectivity index (χ2v) is 9.26. The molecular weight excluding hydrogens is 434 g/mol. The van der Waals surface area contributed by atoms with Crippen molar-refractivity contribution in [2.24, 2.45) is 0 Å². The number of aryl methyl sites for hydroxylation is 2. The predicted octanol–water partition coefficient (Wildman–Crippen LogP) is 4.62. The van der Waals surface area contributed by atoms with Crippen molar-refractivity contribution in [2.75, 3.05) is 17.6 Å². The summed E-state index contributed by atoms with van der Waals surface area (Å²) >= 11 is 1.36. The molecule has 1 N–H and O–H groups in total. The first-order valence-electron chi connectivity index (χ1n) is 11.3. The smallest absolute Gasteiger partial charge is 0.254 e. The number of nitrogens with zero attached hydrogens (tertiary/aromatic N) is 4. The molecule has 4 rings (SSSR count). The van der Waals surface area contributed by atoms with Crippen LogP contribution in [-0.4, -0.2) is 43.8 Å². The third kappa shape index (κ3) is 5.27. The first-order valence-corrected chi connectivity index (χ1v) is 12.2. The molecule has 1 atom stereocenters. The summed E-state index contributed by atoms with van der Waals surface area (Å²) in [7, 11) is 0. The highest BCUT2D eigenvalue weighted by Gasteiger charge is 2.34. The van der Waals surface area contributed by atoms with Crippen LogP contribution in [0.2, 0.25) is 0 Å². The molecule has 2 amide bonds. The van der Waals surface area contributed by atoms with Crippen LogP contribution in [0.25, 0.3) is 0 Å². The average Bonchev–Trinajstić information content (AvgIpc) is 3.44. The molecule has 7 nitrogen and oxygen atoms in total. The fourth-order valence-electron chi connectivity index (χ4n) is 4.14. The summed E-state index contributed by atoms with van der Waals surface area (Å²) in [4.78, 5) is 27.5. The van der Waals surface area contributed by atoms with E-state index in [9.17, 15) is 9.59 Å². The van der Waals surface area contributed by atoms with Gasteiger partial charge in [0, 0.05) is 24.3 Å². The van der Waals surface area contributed by atoms with Crippen molar-refractivity contribution in [3.05, 3.63) is 71.0 Å². The van der Waals surface area contributed by atoms with Crippen molar-refractivity contribution in [1.29, 1.82) is 0 Å². The van der Waals surface area contributed by atoms with Crippen LogP contribution in [0.4, 0.5) is 5.69 Å². The van der Waals surface area contributed by atoms with Crippen molar-refractivity contribution < 1.29 is 9.59 Å². The highest BCUT2D eigenvalue weighted by molar-refractivity contribution is 7.99. The highest BCUT2D eigenvalue weighted by atomic mass is 32.2. The van der Waals surface area contributed by atoms with Crippen LogP contribution in [-0.2, 0) is 11.3 Å². The van der Waals surface area contributed by atoms with Gasteiger partial charge in [-0.15, -0.1) is 10.2 Å². The van der Waals surface area contributed by atoms with E-state index in [1.807, 2.05) is 78.8 Å². The molecule has 2 heterocycles. The molecule has 1 aromatic heterocycles. The molecule has 1 aliphatic heterocycles. The maximum absolute atomic E-state index is 13.2. The molecule has 1 unspecified atom stereocenters. The predicted molar refractivity (Wildman–Crippen MR) is 130 cm³/mol. The Morgan fingerprint density at radius 3 is 2.61 bits per heavy atom. The SMILES string of the molecule is CCn1c(SCC(=O)Nc2cccc(C)c2)nnc1C1CCCN1C(=O)c1ccc(C)cc1. The molecule has 33 heavy (non-hydrogen) atoms. The van der Waals surface area contributed by atoms with Gasteiger partial charge in [-0.3, -0.25) is 9.59 Å². The minimum absolute atomic E-state index is 0.0230. The van der Waals surface area contributed by atoms with Gasteiger partial charge in [0.1, 0.15) is 0 Å². The molecule has 2 aromatic carbocycles. The lowest BCUT2D eigenvalue weighted by atomic mass is 10.1. The summed E-state index contributed by atoms with van der Waals surface area (Å²) in [5, 5.41) is 12.4. The number of aromatic nitrogens is 3. The van der Waals surface area contributed by atoms with Crippen LogP contribution in [0.1, 0.15) is 53.1 Å². The normalized spacial score (nSPS) is 15.6. The van der Waals surface area contributed by atoms with Gasteiger partial charge in [-0.1, -0.05) is 41.6 Å². The van der Waals surface area contributed by atoms with E-state index in [1.54, 1.807) is 0 Å². The van der Waals surface area contributed by atoms with Gasteiger partial charge in [0.2, 0.25) is 5.91 Å². The maximum atomic E-state index is 13.2. The van der Waals surface area contributed by atoms with Crippen LogP contribution >= 0.6 is 11.8 Å². The Bertz CT molecular complexity index is 1140. The van der Waals surface area contributed by atoms with E-state index in [1.165, 1.54) is 11.8 Å². The minimum Gasteiger partial charge on any atom is -0.328 e. The fraction of sp³-hybridized carbons (Fsp3) is 0.360. The fourth-order valence-corrected chi connectivity index (χ4v) is 4.95. The Morgan fingerprint density at radius 2 is 1.88 bits per heavy atom. The molecule has 8 heteroatoms. The molecule has 0 aliphatic carbocycles. The number of carbonyl (C=O) groups is 2. The summed E-state index contributed by atoms with van der Waals surface area (Å²) in [6, 6.07) is 15.3. The van der Waals surface area contributed by atoms with Crippen molar-refractivity contribution >= 4 is 29.3 Å². The zero-order valence-corrected chi connectivity index (χ0v) is 20.1. The molecule has 3 aromatic rings. The summed E-state index contributed by atoms with van der Waals surface area (Å²) in [5.74, 6) is 0.963. The Kier molecular flexibility index (Phi) is 7.13. The third-order valence-corrected chi connectivity index (χ3v) is 6.77. The van der Waals surface area contributed by atoms with E-state index in [2.05, 4.69) is 15.5 Å². The molecule has 1 saturated heterocycles. The van der Waals surface area contributed by atoms with Crippen molar-refractivity contribution in [3.63, 3.8) is 0 Å². The summed E-state index contributed by atoms with van der Waals surface area (Å²) in [6.45, 7) is 7.41. The van der Waals surface area contributed by atoms with Gasteiger partial charge in [0.15, 0.2) is 11.0 Å². The Hall–Kier alpha value is -3.13. The average molecular weight is 464 g/mol. The van der Waals surface area contributed by atoms with Crippen molar-refractivity contribution in [1.82, 2.24) is 19.7 Å². The quantitative estimate of drug-likeness (QED) is 0.517. The second-order valence-electron chi connectivity index (χ2n) is 8.31. The number of rotatable bonds is 7. The van der Waals surface area contributed by atoms with Crippen LogP contribution in [0.15, 0.2) is 53.7 Å². The molecule has 0 saturated carbocycles. The molecule has 1 aliphatic rings. The topological polar surface area (TPSA) is 80.1 Å². The van der Waals surface area contributed by atoms with Crippen LogP contribution in [0.3, 0.4) is 0 Å². The summed E-state index contributed by atoms with van der Waals surface area (Å²) < 4.78 is 2.02. The lowest BCUT2D eigenvalue weighted by molar-refractivity contribution is -0.113. The zero-order chi connectivity index (χ0) is 23.4. The van der Waals surface area contributed by atoms with E-state index in [4.69, 9.17) is 0 Å². The van der Waals surface area contributed by atoms with Crippen LogP contribution < -0.4 is 5.32 Å². The number of carbonyl (C=O) groups excluding carboxylic acids is 2. The number of likely N-dealkylation sites (tertiary alicyclic amines) is 1. The lowest BCUT2D eigenvalue weighted by Crippen LogP contribution is -2.32. The maximum Gasteiger partial charge on any atom is 0.254 e. The third-order valence-electron chi connectivity index (χ3n) is 5.81. The van der Waals surface area contributed by atoms with Gasteiger partial charge in [-0.05, 0) is 63.4 Å². The number of amides is 2. The first kappa shape index (κ1) is 23.0. The van der Waals surface area contributed by atoms with Crippen molar-refractivity contribution in [2.45, 2.75) is 51.4 Å². The standard InChI is InChI=1S/C25H29N5O2S/c1-4-29-23(21-9-6-14-30(21)24(32)19-12-10-17(2)11-13-19)27-28-25(29)33-16-22(31)26-20-8-5-7-18(3)15-20/h5,7-8,10-13,15,21H,4,6,9,14,16H2,1-3H3,(H,26,31). The molecule has 172 valence electrons. The minimum atomic E-state index is -0.110. The lowest BCUT2D eigenvalue weighted by Gasteiger charge is -2.24. The summed E-state index contributed by atoms with van der Waals surface area (Å²) in [5.41, 5.74) is 3.70. The first-order chi connectivity index (χ1) is 16.0. The van der Waals surface area contributed by atoms with E-state index < -0.39 is 0 Å². The van der Waals surface area contributed by atoms with E-state index in [0.29, 0.717) is 23.8 Å². The van der Waals surface area contributed by atoms with E-state index in [-0.39, 0.29) is 23.6 Å². The number of nitrogens with one attached hydrogen (secondary N) is 1. The van der Waals surface area contributed by atoms with Crippen LogP contribution in [0.5, 0.6) is 0 Å². The van der Waals surface area contributed by atoms with Gasteiger partial charge in [0.05, 0.1) is 11.8 Å². The number of hydrogen-bond acceptors (Lipinski definition) is 5. The van der Waals surface area contributed by atoms with E-state index >= 15 is 0 Å². The number of benzene rings is 2. The van der Waals surface area contributed by atoms with E-state index in [0.717, 1.165) is 35.5 Å².